The summed E-state index contributed by atoms with van der Waals surface area (Å²) in [4.78, 5) is 0. The fourth-order valence-electron chi connectivity index (χ4n) is 2.42. The lowest BCUT2D eigenvalue weighted by atomic mass is 9.98. The predicted octanol–water partition coefficient (Wildman–Crippen LogP) is 4.28. The molecule has 0 bridgehead atoms. The molecule has 1 aromatic carbocycles. The van der Waals surface area contributed by atoms with Crippen molar-refractivity contribution in [3.05, 3.63) is 35.9 Å². The van der Waals surface area contributed by atoms with Crippen molar-refractivity contribution in [2.24, 2.45) is 11.8 Å². The van der Waals surface area contributed by atoms with E-state index in [9.17, 15) is 0 Å². The van der Waals surface area contributed by atoms with Gasteiger partial charge in [-0.15, -0.1) is 0 Å². The zero-order chi connectivity index (χ0) is 13.4. The number of hydrogen-bond acceptors (Lipinski definition) is 1. The third-order valence-electron chi connectivity index (χ3n) is 3.40. The molecular weight excluding hydrogens is 218 g/mol. The van der Waals surface area contributed by atoms with Gasteiger partial charge in [-0.05, 0) is 50.1 Å². The van der Waals surface area contributed by atoms with Gasteiger partial charge in [0.2, 0.25) is 0 Å². The van der Waals surface area contributed by atoms with Crippen LogP contribution in [-0.2, 0) is 6.42 Å². The first-order valence-corrected chi connectivity index (χ1v) is 7.35. The standard InChI is InChI=1S/C17H29N/c1-14(2)12-15(3)13-18-16(4)10-11-17-8-6-5-7-9-17/h5-9,14-16,18H,10-13H2,1-4H3. The summed E-state index contributed by atoms with van der Waals surface area (Å²) in [6.07, 6.45) is 3.71. The van der Waals surface area contributed by atoms with Crippen LogP contribution >= 0.6 is 0 Å². The fourth-order valence-corrected chi connectivity index (χ4v) is 2.42. The third kappa shape index (κ3) is 6.80. The van der Waals surface area contributed by atoms with Crippen LogP contribution in [0.25, 0.3) is 0 Å². The molecule has 2 atom stereocenters. The lowest BCUT2D eigenvalue weighted by molar-refractivity contribution is 0.387. The number of rotatable bonds is 8. The van der Waals surface area contributed by atoms with Gasteiger partial charge in [-0.3, -0.25) is 0 Å². The summed E-state index contributed by atoms with van der Waals surface area (Å²) in [6, 6.07) is 11.4. The lowest BCUT2D eigenvalue weighted by Crippen LogP contribution is -2.31. The Morgan fingerprint density at radius 3 is 2.28 bits per heavy atom. The Morgan fingerprint density at radius 1 is 1.00 bits per heavy atom. The maximum Gasteiger partial charge on any atom is 0.00420 e. The van der Waals surface area contributed by atoms with Gasteiger partial charge in [0.1, 0.15) is 0 Å². The van der Waals surface area contributed by atoms with Gasteiger partial charge in [-0.2, -0.15) is 0 Å². The molecule has 0 spiro atoms. The highest BCUT2D eigenvalue weighted by atomic mass is 14.9. The molecular formula is C17H29N. The van der Waals surface area contributed by atoms with Crippen molar-refractivity contribution in [2.75, 3.05) is 6.54 Å². The number of benzene rings is 1. The van der Waals surface area contributed by atoms with Gasteiger partial charge in [-0.25, -0.2) is 0 Å². The molecule has 102 valence electrons. The van der Waals surface area contributed by atoms with E-state index in [2.05, 4.69) is 63.3 Å². The summed E-state index contributed by atoms with van der Waals surface area (Å²) >= 11 is 0. The molecule has 1 N–H and O–H groups in total. The van der Waals surface area contributed by atoms with Gasteiger partial charge < -0.3 is 5.32 Å². The van der Waals surface area contributed by atoms with Crippen LogP contribution in [0.15, 0.2) is 30.3 Å². The topological polar surface area (TPSA) is 12.0 Å². The van der Waals surface area contributed by atoms with Gasteiger partial charge in [0.15, 0.2) is 0 Å². The summed E-state index contributed by atoms with van der Waals surface area (Å²) < 4.78 is 0. The molecule has 1 nitrogen and oxygen atoms in total. The Labute approximate surface area is 113 Å². The Morgan fingerprint density at radius 2 is 1.67 bits per heavy atom. The molecule has 0 fully saturated rings. The van der Waals surface area contributed by atoms with Crippen molar-refractivity contribution in [3.63, 3.8) is 0 Å². The largest absolute Gasteiger partial charge is 0.314 e. The molecule has 2 unspecified atom stereocenters. The van der Waals surface area contributed by atoms with Crippen molar-refractivity contribution in [2.45, 2.75) is 53.0 Å². The minimum absolute atomic E-state index is 0.611. The van der Waals surface area contributed by atoms with E-state index in [1.54, 1.807) is 0 Å². The van der Waals surface area contributed by atoms with Crippen LogP contribution in [0.2, 0.25) is 0 Å². The van der Waals surface area contributed by atoms with E-state index in [0.29, 0.717) is 6.04 Å². The summed E-state index contributed by atoms with van der Waals surface area (Å²) in [5.74, 6) is 1.59. The lowest BCUT2D eigenvalue weighted by Gasteiger charge is -2.19. The second-order valence-electron chi connectivity index (χ2n) is 6.07. The fraction of sp³-hybridized carbons (Fsp3) is 0.647. The van der Waals surface area contributed by atoms with Crippen LogP contribution in [-0.4, -0.2) is 12.6 Å². The van der Waals surface area contributed by atoms with Crippen LogP contribution in [0.5, 0.6) is 0 Å². The van der Waals surface area contributed by atoms with Gasteiger partial charge in [0.05, 0.1) is 0 Å². The maximum atomic E-state index is 3.66. The number of nitrogens with one attached hydrogen (secondary N) is 1. The quantitative estimate of drug-likeness (QED) is 0.723. The van der Waals surface area contributed by atoms with Gasteiger partial charge >= 0.3 is 0 Å². The highest BCUT2D eigenvalue weighted by Crippen LogP contribution is 2.10. The Balaban J connectivity index is 2.16. The molecule has 1 rings (SSSR count). The Bertz CT molecular complexity index is 305. The third-order valence-corrected chi connectivity index (χ3v) is 3.40. The van der Waals surface area contributed by atoms with Gasteiger partial charge in [0.25, 0.3) is 0 Å². The van der Waals surface area contributed by atoms with E-state index in [1.807, 2.05) is 0 Å². The molecule has 0 saturated heterocycles. The molecule has 18 heavy (non-hydrogen) atoms. The zero-order valence-corrected chi connectivity index (χ0v) is 12.4. The van der Waals surface area contributed by atoms with Crippen LogP contribution in [0.4, 0.5) is 0 Å². The molecule has 1 aromatic rings. The normalized spacial score (nSPS) is 14.7. The maximum absolute atomic E-state index is 3.66. The summed E-state index contributed by atoms with van der Waals surface area (Å²) in [6.45, 7) is 10.4. The van der Waals surface area contributed by atoms with Crippen LogP contribution in [0, 0.1) is 11.8 Å². The summed E-state index contributed by atoms with van der Waals surface area (Å²) in [5, 5.41) is 3.66. The predicted molar refractivity (Wildman–Crippen MR) is 80.8 cm³/mol. The average Bonchev–Trinajstić information content (AvgIpc) is 2.34. The van der Waals surface area contributed by atoms with Crippen molar-refractivity contribution in [1.29, 1.82) is 0 Å². The molecule has 0 saturated carbocycles. The summed E-state index contributed by atoms with van der Waals surface area (Å²) in [5.41, 5.74) is 1.45. The molecule has 0 aliphatic rings. The minimum atomic E-state index is 0.611. The molecule has 1 heteroatoms. The van der Waals surface area contributed by atoms with E-state index in [4.69, 9.17) is 0 Å². The second kappa shape index (κ2) is 8.31. The van der Waals surface area contributed by atoms with E-state index in [0.717, 1.165) is 18.4 Å². The Kier molecular flexibility index (Phi) is 7.04. The minimum Gasteiger partial charge on any atom is -0.314 e. The number of hydrogen-bond donors (Lipinski definition) is 1. The number of aryl methyl sites for hydroxylation is 1. The summed E-state index contributed by atoms with van der Waals surface area (Å²) in [7, 11) is 0. The molecule has 0 radical (unpaired) electrons. The van der Waals surface area contributed by atoms with Crippen molar-refractivity contribution in [1.82, 2.24) is 5.32 Å². The van der Waals surface area contributed by atoms with Crippen LogP contribution < -0.4 is 5.32 Å². The average molecular weight is 247 g/mol. The Hall–Kier alpha value is -0.820. The second-order valence-corrected chi connectivity index (χ2v) is 6.07. The smallest absolute Gasteiger partial charge is 0.00420 e. The molecule has 0 aromatic heterocycles. The van der Waals surface area contributed by atoms with Crippen molar-refractivity contribution in [3.8, 4) is 0 Å². The van der Waals surface area contributed by atoms with Crippen molar-refractivity contribution < 1.29 is 0 Å². The molecule has 0 aliphatic carbocycles. The first-order valence-electron chi connectivity index (χ1n) is 7.35. The zero-order valence-electron chi connectivity index (χ0n) is 12.4. The van der Waals surface area contributed by atoms with E-state index < -0.39 is 0 Å². The molecule has 0 aliphatic heterocycles. The van der Waals surface area contributed by atoms with Gasteiger partial charge in [0, 0.05) is 6.04 Å². The van der Waals surface area contributed by atoms with Crippen LogP contribution in [0.3, 0.4) is 0 Å². The highest BCUT2D eigenvalue weighted by Gasteiger charge is 2.07. The first kappa shape index (κ1) is 15.2. The molecule has 0 heterocycles. The van der Waals surface area contributed by atoms with Crippen molar-refractivity contribution >= 4 is 0 Å². The van der Waals surface area contributed by atoms with E-state index >= 15 is 0 Å². The van der Waals surface area contributed by atoms with E-state index in [-0.39, 0.29) is 0 Å². The highest BCUT2D eigenvalue weighted by molar-refractivity contribution is 5.14. The van der Waals surface area contributed by atoms with Crippen LogP contribution in [0.1, 0.15) is 46.1 Å². The molecule has 0 amide bonds. The monoisotopic (exact) mass is 247 g/mol. The SMILES string of the molecule is CC(C)CC(C)CNC(C)CCc1ccccc1. The van der Waals surface area contributed by atoms with E-state index in [1.165, 1.54) is 24.8 Å². The van der Waals surface area contributed by atoms with Gasteiger partial charge in [-0.1, -0.05) is 51.1 Å². The first-order chi connectivity index (χ1) is 8.58.